The molecule has 0 aliphatic heterocycles. The topological polar surface area (TPSA) is 56.0 Å². The third kappa shape index (κ3) is 1.53. The normalized spacial score (nSPS) is 9.83. The minimum Gasteiger partial charge on any atom is -0.258 e. The first-order valence-electron chi connectivity index (χ1n) is 3.43. The summed E-state index contributed by atoms with van der Waals surface area (Å²) < 4.78 is 0. The molecule has 0 fully saturated rings. The maximum atomic E-state index is 10.4. The van der Waals surface area contributed by atoms with Crippen molar-refractivity contribution in [1.82, 2.24) is 4.98 Å². The molecule has 12 heavy (non-hydrogen) atoms. The lowest BCUT2D eigenvalue weighted by molar-refractivity contribution is -0.385. The van der Waals surface area contributed by atoms with Crippen LogP contribution in [0.25, 0.3) is 0 Å². The quantitative estimate of drug-likeness (QED) is 0.526. The molecule has 0 aliphatic carbocycles. The van der Waals surface area contributed by atoms with Crippen molar-refractivity contribution >= 4 is 17.3 Å². The Hall–Kier alpha value is -1.16. The van der Waals surface area contributed by atoms with Crippen LogP contribution in [0.5, 0.6) is 0 Å². The molecule has 0 spiro atoms. The number of aromatic nitrogens is 1. The Balaban J connectivity index is 3.23. The predicted octanol–water partition coefficient (Wildman–Crippen LogP) is 2.21. The molecule has 0 amide bonds. The highest BCUT2D eigenvalue weighted by molar-refractivity contribution is 6.33. The second-order valence-corrected chi connectivity index (χ2v) is 2.62. The van der Waals surface area contributed by atoms with Crippen LogP contribution in [-0.4, -0.2) is 9.91 Å². The van der Waals surface area contributed by atoms with Gasteiger partial charge in [-0.15, -0.1) is 0 Å². The van der Waals surface area contributed by atoms with Crippen LogP contribution in [0, 0.1) is 10.1 Å². The molecule has 0 atom stereocenters. The van der Waals surface area contributed by atoms with Gasteiger partial charge in [0.05, 0.1) is 4.92 Å². The van der Waals surface area contributed by atoms with E-state index in [1.54, 1.807) is 0 Å². The van der Waals surface area contributed by atoms with Gasteiger partial charge in [0.2, 0.25) is 0 Å². The first kappa shape index (κ1) is 8.93. The van der Waals surface area contributed by atoms with E-state index < -0.39 is 4.92 Å². The summed E-state index contributed by atoms with van der Waals surface area (Å²) in [7, 11) is 0. The second-order valence-electron chi connectivity index (χ2n) is 2.24. The standard InChI is InChI=1S/C7H7ClN2O2/c1-2-5-3-9-4-6(7(5)8)10(11)12/h3-4H,2H2,1H3. The minimum atomic E-state index is -0.533. The van der Waals surface area contributed by atoms with Crippen LogP contribution in [-0.2, 0) is 6.42 Å². The molecule has 4 nitrogen and oxygen atoms in total. The van der Waals surface area contributed by atoms with Gasteiger partial charge in [0, 0.05) is 6.20 Å². The zero-order valence-electron chi connectivity index (χ0n) is 6.45. The van der Waals surface area contributed by atoms with Gasteiger partial charge >= 0.3 is 5.69 Å². The molecule has 0 aromatic carbocycles. The van der Waals surface area contributed by atoms with Crippen LogP contribution in [0.2, 0.25) is 5.02 Å². The SMILES string of the molecule is CCc1cncc([N+](=O)[O-])c1Cl. The van der Waals surface area contributed by atoms with Gasteiger partial charge in [0.15, 0.2) is 0 Å². The maximum absolute atomic E-state index is 10.4. The Bertz CT molecular complexity index is 314. The highest BCUT2D eigenvalue weighted by Gasteiger charge is 2.14. The van der Waals surface area contributed by atoms with E-state index in [2.05, 4.69) is 4.98 Å². The highest BCUT2D eigenvalue weighted by atomic mass is 35.5. The van der Waals surface area contributed by atoms with Crippen molar-refractivity contribution in [2.24, 2.45) is 0 Å². The van der Waals surface area contributed by atoms with Gasteiger partial charge < -0.3 is 0 Å². The molecule has 0 aliphatic rings. The number of aryl methyl sites for hydroxylation is 1. The van der Waals surface area contributed by atoms with Gasteiger partial charge in [-0.05, 0) is 12.0 Å². The molecule has 0 unspecified atom stereocenters. The number of halogens is 1. The third-order valence-corrected chi connectivity index (χ3v) is 1.95. The summed E-state index contributed by atoms with van der Waals surface area (Å²) in [6.07, 6.45) is 3.34. The summed E-state index contributed by atoms with van der Waals surface area (Å²) in [5, 5.41) is 10.6. The zero-order valence-corrected chi connectivity index (χ0v) is 7.21. The molecule has 5 heteroatoms. The molecular weight excluding hydrogens is 180 g/mol. The summed E-state index contributed by atoms with van der Waals surface area (Å²) in [5.41, 5.74) is 0.571. The second kappa shape index (κ2) is 3.49. The molecule has 0 saturated heterocycles. The van der Waals surface area contributed by atoms with Crippen LogP contribution >= 0.6 is 11.6 Å². The van der Waals surface area contributed by atoms with Crippen LogP contribution in [0.15, 0.2) is 12.4 Å². The summed E-state index contributed by atoms with van der Waals surface area (Å²) in [6, 6.07) is 0. The maximum Gasteiger partial charge on any atom is 0.306 e. The fourth-order valence-corrected chi connectivity index (χ4v) is 1.15. The Morgan fingerprint density at radius 3 is 2.83 bits per heavy atom. The molecule has 1 rings (SSSR count). The highest BCUT2D eigenvalue weighted by Crippen LogP contribution is 2.26. The van der Waals surface area contributed by atoms with E-state index >= 15 is 0 Å². The van der Waals surface area contributed by atoms with Crippen molar-refractivity contribution in [3.05, 3.63) is 33.1 Å². The zero-order chi connectivity index (χ0) is 9.14. The van der Waals surface area contributed by atoms with Crippen molar-refractivity contribution in [3.8, 4) is 0 Å². The summed E-state index contributed by atoms with van der Waals surface area (Å²) in [6.45, 7) is 1.87. The first-order chi connectivity index (χ1) is 5.66. The van der Waals surface area contributed by atoms with Crippen LogP contribution < -0.4 is 0 Å². The average Bonchev–Trinajstić information content (AvgIpc) is 2.04. The average molecular weight is 187 g/mol. The lowest BCUT2D eigenvalue weighted by atomic mass is 10.2. The van der Waals surface area contributed by atoms with E-state index in [1.807, 2.05) is 6.92 Å². The van der Waals surface area contributed by atoms with Crippen LogP contribution in [0.1, 0.15) is 12.5 Å². The summed E-state index contributed by atoms with van der Waals surface area (Å²) in [5.74, 6) is 0. The molecule has 0 N–H and O–H groups in total. The van der Waals surface area contributed by atoms with Gasteiger partial charge in [0.25, 0.3) is 0 Å². The van der Waals surface area contributed by atoms with E-state index in [-0.39, 0.29) is 10.7 Å². The molecule has 0 bridgehead atoms. The lowest BCUT2D eigenvalue weighted by Crippen LogP contribution is -1.93. The van der Waals surface area contributed by atoms with E-state index in [9.17, 15) is 10.1 Å². The molecule has 0 radical (unpaired) electrons. The number of rotatable bonds is 2. The van der Waals surface area contributed by atoms with E-state index in [0.29, 0.717) is 12.0 Å². The van der Waals surface area contributed by atoms with Crippen molar-refractivity contribution in [1.29, 1.82) is 0 Å². The smallest absolute Gasteiger partial charge is 0.258 e. The fraction of sp³-hybridized carbons (Fsp3) is 0.286. The van der Waals surface area contributed by atoms with E-state index in [0.717, 1.165) is 6.20 Å². The Labute approximate surface area is 74.3 Å². The summed E-state index contributed by atoms with van der Waals surface area (Å²) >= 11 is 5.72. The number of hydrogen-bond acceptors (Lipinski definition) is 3. The van der Waals surface area contributed by atoms with E-state index in [4.69, 9.17) is 11.6 Å². The third-order valence-electron chi connectivity index (χ3n) is 1.51. The molecule has 0 saturated carbocycles. The van der Waals surface area contributed by atoms with E-state index in [1.165, 1.54) is 6.20 Å². The van der Waals surface area contributed by atoms with Gasteiger partial charge in [-0.1, -0.05) is 18.5 Å². The van der Waals surface area contributed by atoms with Crippen LogP contribution in [0.4, 0.5) is 5.69 Å². The summed E-state index contributed by atoms with van der Waals surface area (Å²) in [4.78, 5) is 13.5. The van der Waals surface area contributed by atoms with Crippen molar-refractivity contribution < 1.29 is 4.92 Å². The molecular formula is C7H7ClN2O2. The lowest BCUT2D eigenvalue weighted by Gasteiger charge is -1.98. The number of hydrogen-bond donors (Lipinski definition) is 0. The first-order valence-corrected chi connectivity index (χ1v) is 3.81. The number of nitrogens with zero attached hydrogens (tertiary/aromatic N) is 2. The number of pyridine rings is 1. The Morgan fingerprint density at radius 2 is 2.33 bits per heavy atom. The van der Waals surface area contributed by atoms with Crippen molar-refractivity contribution in [2.75, 3.05) is 0 Å². The fourth-order valence-electron chi connectivity index (χ4n) is 0.849. The van der Waals surface area contributed by atoms with Gasteiger partial charge in [-0.2, -0.15) is 0 Å². The van der Waals surface area contributed by atoms with Gasteiger partial charge in [-0.25, -0.2) is 0 Å². The van der Waals surface area contributed by atoms with Gasteiger partial charge in [0.1, 0.15) is 11.2 Å². The molecule has 1 aromatic rings. The predicted molar refractivity (Wildman–Crippen MR) is 45.3 cm³/mol. The van der Waals surface area contributed by atoms with Crippen molar-refractivity contribution in [3.63, 3.8) is 0 Å². The molecule has 1 aromatic heterocycles. The monoisotopic (exact) mass is 186 g/mol. The Morgan fingerprint density at radius 1 is 1.67 bits per heavy atom. The molecule has 1 heterocycles. The van der Waals surface area contributed by atoms with Crippen LogP contribution in [0.3, 0.4) is 0 Å². The minimum absolute atomic E-state index is 0.129. The largest absolute Gasteiger partial charge is 0.306 e. The van der Waals surface area contributed by atoms with Gasteiger partial charge in [-0.3, -0.25) is 15.1 Å². The van der Waals surface area contributed by atoms with Crippen molar-refractivity contribution in [2.45, 2.75) is 13.3 Å². The molecule has 64 valence electrons. The number of nitro groups is 1. The Kier molecular flexibility index (Phi) is 2.60.